The molecule has 15 heavy (non-hydrogen) atoms. The van der Waals surface area contributed by atoms with Gasteiger partial charge in [0.15, 0.2) is 0 Å². The minimum absolute atomic E-state index is 0.398. The van der Waals surface area contributed by atoms with Gasteiger partial charge < -0.3 is 10.4 Å². The Morgan fingerprint density at radius 1 is 1.47 bits per heavy atom. The summed E-state index contributed by atoms with van der Waals surface area (Å²) >= 11 is 0. The molecular weight excluding hydrogens is 196 g/mol. The van der Waals surface area contributed by atoms with E-state index in [1.807, 2.05) is 6.92 Å². The Morgan fingerprint density at radius 3 is 2.80 bits per heavy atom. The molecular formula is C10H10N2O3. The number of carbonyl (C=O) groups is 2. The van der Waals surface area contributed by atoms with Crippen molar-refractivity contribution in [2.24, 2.45) is 0 Å². The fourth-order valence-electron chi connectivity index (χ4n) is 0.919. The van der Waals surface area contributed by atoms with E-state index >= 15 is 0 Å². The summed E-state index contributed by atoms with van der Waals surface area (Å²) in [6.45, 7) is 1.87. The van der Waals surface area contributed by atoms with E-state index in [1.54, 1.807) is 18.3 Å². The number of rotatable bonds is 3. The number of amides is 1. The van der Waals surface area contributed by atoms with Crippen LogP contribution in [0.3, 0.4) is 0 Å². The smallest absolute Gasteiger partial charge is 0.328 e. The maximum Gasteiger partial charge on any atom is 0.328 e. The summed E-state index contributed by atoms with van der Waals surface area (Å²) in [4.78, 5) is 25.1. The van der Waals surface area contributed by atoms with E-state index in [0.29, 0.717) is 5.82 Å². The average Bonchev–Trinajstić information content (AvgIpc) is 2.15. The van der Waals surface area contributed by atoms with Gasteiger partial charge in [-0.05, 0) is 24.6 Å². The molecule has 2 N–H and O–H groups in total. The number of aryl methyl sites for hydroxylation is 1. The van der Waals surface area contributed by atoms with Crippen LogP contribution in [-0.2, 0) is 9.59 Å². The zero-order chi connectivity index (χ0) is 11.3. The second kappa shape index (κ2) is 4.90. The van der Waals surface area contributed by atoms with Crippen LogP contribution in [0.2, 0.25) is 0 Å². The molecule has 0 saturated carbocycles. The van der Waals surface area contributed by atoms with Gasteiger partial charge >= 0.3 is 5.97 Å². The zero-order valence-electron chi connectivity index (χ0n) is 8.10. The van der Waals surface area contributed by atoms with E-state index in [0.717, 1.165) is 17.7 Å². The van der Waals surface area contributed by atoms with Gasteiger partial charge in [0.1, 0.15) is 5.82 Å². The highest BCUT2D eigenvalue weighted by Gasteiger charge is 1.99. The quantitative estimate of drug-likeness (QED) is 0.722. The van der Waals surface area contributed by atoms with E-state index in [1.165, 1.54) is 0 Å². The van der Waals surface area contributed by atoms with Crippen molar-refractivity contribution in [3.8, 4) is 0 Å². The Kier molecular flexibility index (Phi) is 3.56. The van der Waals surface area contributed by atoms with Gasteiger partial charge in [0, 0.05) is 18.3 Å². The lowest BCUT2D eigenvalue weighted by molar-refractivity contribution is -0.131. The Hall–Kier alpha value is -2.17. The largest absolute Gasteiger partial charge is 0.478 e. The van der Waals surface area contributed by atoms with Gasteiger partial charge in [-0.25, -0.2) is 9.78 Å². The monoisotopic (exact) mass is 206 g/mol. The predicted octanol–water partition coefficient (Wildman–Crippen LogP) is 0.969. The van der Waals surface area contributed by atoms with Gasteiger partial charge in [0.25, 0.3) is 0 Å². The Labute approximate surface area is 86.5 Å². The van der Waals surface area contributed by atoms with Crippen molar-refractivity contribution in [2.45, 2.75) is 6.92 Å². The first-order valence-electron chi connectivity index (χ1n) is 4.22. The average molecular weight is 206 g/mol. The van der Waals surface area contributed by atoms with E-state index in [-0.39, 0.29) is 0 Å². The molecule has 1 aromatic heterocycles. The lowest BCUT2D eigenvalue weighted by Gasteiger charge is -2.00. The number of carboxylic acid groups (broad SMARTS) is 1. The number of aliphatic carboxylic acids is 1. The summed E-state index contributed by atoms with van der Waals surface area (Å²) in [5, 5.41) is 10.7. The van der Waals surface area contributed by atoms with Crippen LogP contribution in [0.25, 0.3) is 0 Å². The molecule has 5 heteroatoms. The predicted molar refractivity (Wildman–Crippen MR) is 54.4 cm³/mol. The minimum Gasteiger partial charge on any atom is -0.478 e. The molecule has 0 aromatic carbocycles. The number of pyridine rings is 1. The van der Waals surface area contributed by atoms with Crippen LogP contribution in [0.4, 0.5) is 5.82 Å². The highest BCUT2D eigenvalue weighted by atomic mass is 16.4. The third-order valence-electron chi connectivity index (χ3n) is 1.54. The van der Waals surface area contributed by atoms with Crippen LogP contribution in [0, 0.1) is 6.92 Å². The molecule has 0 aliphatic heterocycles. The molecule has 1 rings (SSSR count). The second-order valence-electron chi connectivity index (χ2n) is 2.88. The first kappa shape index (κ1) is 10.9. The number of hydrogen-bond acceptors (Lipinski definition) is 3. The van der Waals surface area contributed by atoms with Crippen LogP contribution in [0.5, 0.6) is 0 Å². The maximum atomic E-state index is 11.1. The fourth-order valence-corrected chi connectivity index (χ4v) is 0.919. The first-order chi connectivity index (χ1) is 7.08. The van der Waals surface area contributed by atoms with Crippen molar-refractivity contribution in [3.63, 3.8) is 0 Å². The van der Waals surface area contributed by atoms with Crippen LogP contribution in [0.15, 0.2) is 30.5 Å². The standard InChI is InChI=1S/C10H10N2O3/c1-7-4-5-11-8(6-7)12-9(13)2-3-10(14)15/h2-6H,1H3,(H,14,15)(H,11,12,13)/b3-2-. The summed E-state index contributed by atoms with van der Waals surface area (Å²) in [6, 6.07) is 3.48. The van der Waals surface area contributed by atoms with Crippen molar-refractivity contribution in [1.82, 2.24) is 4.98 Å². The number of aromatic nitrogens is 1. The molecule has 0 aliphatic carbocycles. The molecule has 0 fully saturated rings. The van der Waals surface area contributed by atoms with Crippen molar-refractivity contribution < 1.29 is 14.7 Å². The SMILES string of the molecule is Cc1ccnc(NC(=O)/C=C\C(=O)O)c1. The highest BCUT2D eigenvalue weighted by Crippen LogP contribution is 2.04. The van der Waals surface area contributed by atoms with E-state index in [4.69, 9.17) is 5.11 Å². The fraction of sp³-hybridized carbons (Fsp3) is 0.100. The molecule has 1 heterocycles. The number of carbonyl (C=O) groups excluding carboxylic acids is 1. The minimum atomic E-state index is -1.16. The summed E-state index contributed by atoms with van der Waals surface area (Å²) in [6.07, 6.45) is 3.27. The van der Waals surface area contributed by atoms with Gasteiger partial charge in [0.05, 0.1) is 0 Å². The first-order valence-corrected chi connectivity index (χ1v) is 4.22. The molecule has 0 saturated heterocycles. The molecule has 78 valence electrons. The molecule has 0 atom stereocenters. The molecule has 1 amide bonds. The van der Waals surface area contributed by atoms with Crippen molar-refractivity contribution in [1.29, 1.82) is 0 Å². The number of hydrogen-bond donors (Lipinski definition) is 2. The van der Waals surface area contributed by atoms with E-state index < -0.39 is 11.9 Å². The van der Waals surface area contributed by atoms with Gasteiger partial charge in [-0.2, -0.15) is 0 Å². The summed E-state index contributed by atoms with van der Waals surface area (Å²) < 4.78 is 0. The third-order valence-corrected chi connectivity index (χ3v) is 1.54. The molecule has 0 unspecified atom stereocenters. The van der Waals surface area contributed by atoms with Crippen LogP contribution >= 0.6 is 0 Å². The second-order valence-corrected chi connectivity index (χ2v) is 2.88. The van der Waals surface area contributed by atoms with Crippen molar-refractivity contribution in [2.75, 3.05) is 5.32 Å². The van der Waals surface area contributed by atoms with Crippen molar-refractivity contribution >= 4 is 17.7 Å². The van der Waals surface area contributed by atoms with Crippen molar-refractivity contribution in [3.05, 3.63) is 36.0 Å². The molecule has 0 spiro atoms. The van der Waals surface area contributed by atoms with Crippen LogP contribution in [0.1, 0.15) is 5.56 Å². The van der Waals surface area contributed by atoms with Crippen LogP contribution in [-0.4, -0.2) is 22.0 Å². The topological polar surface area (TPSA) is 79.3 Å². The third kappa shape index (κ3) is 4.04. The number of carboxylic acids is 1. The zero-order valence-corrected chi connectivity index (χ0v) is 8.10. The number of anilines is 1. The van der Waals surface area contributed by atoms with Gasteiger partial charge in [0.2, 0.25) is 5.91 Å². The normalized spacial score (nSPS) is 10.2. The molecule has 1 aromatic rings. The summed E-state index contributed by atoms with van der Waals surface area (Å²) in [7, 11) is 0. The van der Waals surface area contributed by atoms with Gasteiger partial charge in [-0.15, -0.1) is 0 Å². The Morgan fingerprint density at radius 2 is 2.20 bits per heavy atom. The number of nitrogens with one attached hydrogen (secondary N) is 1. The maximum absolute atomic E-state index is 11.1. The van der Waals surface area contributed by atoms with Crippen LogP contribution < -0.4 is 5.32 Å². The molecule has 0 radical (unpaired) electrons. The van der Waals surface area contributed by atoms with E-state index in [2.05, 4.69) is 10.3 Å². The lowest BCUT2D eigenvalue weighted by Crippen LogP contribution is -2.09. The van der Waals surface area contributed by atoms with Gasteiger partial charge in [-0.3, -0.25) is 4.79 Å². The summed E-state index contributed by atoms with van der Waals surface area (Å²) in [5.74, 6) is -1.28. The molecule has 0 bridgehead atoms. The van der Waals surface area contributed by atoms with E-state index in [9.17, 15) is 9.59 Å². The summed E-state index contributed by atoms with van der Waals surface area (Å²) in [5.41, 5.74) is 0.961. The van der Waals surface area contributed by atoms with Gasteiger partial charge in [-0.1, -0.05) is 0 Å². The lowest BCUT2D eigenvalue weighted by atomic mass is 10.3. The molecule has 5 nitrogen and oxygen atoms in total. The Bertz CT molecular complexity index is 413. The number of nitrogens with zero attached hydrogens (tertiary/aromatic N) is 1. The highest BCUT2D eigenvalue weighted by molar-refractivity contribution is 6.01. The Balaban J connectivity index is 2.63. The molecule has 0 aliphatic rings.